The van der Waals surface area contributed by atoms with Crippen molar-refractivity contribution < 1.29 is 18.7 Å². The Kier molecular flexibility index (Phi) is 6.17. The number of anilines is 1. The van der Waals surface area contributed by atoms with Gasteiger partial charge in [-0.2, -0.15) is 0 Å². The molecule has 0 bridgehead atoms. The van der Waals surface area contributed by atoms with Crippen molar-refractivity contribution in [1.29, 1.82) is 0 Å². The zero-order chi connectivity index (χ0) is 17.7. The van der Waals surface area contributed by atoms with Crippen LogP contribution in [-0.4, -0.2) is 43.0 Å². The average Bonchev–Trinajstić information content (AvgIpc) is 2.57. The minimum absolute atomic E-state index is 0.0549. The molecule has 1 atom stereocenters. The van der Waals surface area contributed by atoms with Crippen LogP contribution in [0.4, 0.5) is 10.1 Å². The Labute approximate surface area is 142 Å². The van der Waals surface area contributed by atoms with Gasteiger partial charge in [0.2, 0.25) is 5.91 Å². The van der Waals surface area contributed by atoms with Crippen LogP contribution in [0, 0.1) is 18.7 Å². The number of aryl methyl sites for hydroxylation is 1. The molecule has 24 heavy (non-hydrogen) atoms. The quantitative estimate of drug-likeness (QED) is 0.840. The summed E-state index contributed by atoms with van der Waals surface area (Å²) in [6, 6.07) is 4.77. The van der Waals surface area contributed by atoms with E-state index in [1.54, 1.807) is 24.0 Å². The summed E-state index contributed by atoms with van der Waals surface area (Å²) in [6.07, 6.45) is 1.66. The first kappa shape index (κ1) is 18.2. The van der Waals surface area contributed by atoms with Gasteiger partial charge in [0.05, 0.1) is 13.0 Å². The molecule has 1 amide bonds. The Hall–Kier alpha value is -2.11. The molecule has 0 aliphatic carbocycles. The number of ether oxygens (including phenoxy) is 1. The number of carbonyl (C=O) groups is 2. The van der Waals surface area contributed by atoms with Crippen LogP contribution in [0.2, 0.25) is 0 Å². The largest absolute Gasteiger partial charge is 0.469 e. The van der Waals surface area contributed by atoms with Crippen LogP contribution in [0.5, 0.6) is 0 Å². The van der Waals surface area contributed by atoms with Gasteiger partial charge in [0.1, 0.15) is 5.82 Å². The lowest BCUT2D eigenvalue weighted by atomic mass is 9.96. The summed E-state index contributed by atoms with van der Waals surface area (Å²) < 4.78 is 18.0. The number of likely N-dealkylation sites (tertiary alicyclic amines) is 1. The third-order valence-electron chi connectivity index (χ3n) is 4.43. The SMILES string of the molecule is COC(=O)C1CCN(C(=O)C[C@H](C)Nc2ccc(F)c(C)c2)CC1. The van der Waals surface area contributed by atoms with Crippen molar-refractivity contribution in [1.82, 2.24) is 4.90 Å². The van der Waals surface area contributed by atoms with Crippen molar-refractivity contribution in [2.24, 2.45) is 5.92 Å². The smallest absolute Gasteiger partial charge is 0.308 e. The average molecular weight is 336 g/mol. The molecular weight excluding hydrogens is 311 g/mol. The van der Waals surface area contributed by atoms with E-state index in [-0.39, 0.29) is 29.7 Å². The first-order chi connectivity index (χ1) is 11.4. The fourth-order valence-corrected chi connectivity index (χ4v) is 2.99. The number of hydrogen-bond acceptors (Lipinski definition) is 4. The van der Waals surface area contributed by atoms with E-state index in [4.69, 9.17) is 4.74 Å². The molecule has 1 saturated heterocycles. The molecule has 0 unspecified atom stereocenters. The molecule has 1 N–H and O–H groups in total. The molecular formula is C18H25FN2O3. The van der Waals surface area contributed by atoms with Crippen molar-refractivity contribution in [2.75, 3.05) is 25.5 Å². The molecule has 1 heterocycles. The highest BCUT2D eigenvalue weighted by molar-refractivity contribution is 5.78. The molecule has 5 nitrogen and oxygen atoms in total. The Morgan fingerprint density at radius 1 is 1.38 bits per heavy atom. The number of piperidine rings is 1. The number of hydrogen-bond donors (Lipinski definition) is 1. The molecule has 0 aromatic heterocycles. The van der Waals surface area contributed by atoms with Crippen molar-refractivity contribution in [3.8, 4) is 0 Å². The van der Waals surface area contributed by atoms with Crippen LogP contribution >= 0.6 is 0 Å². The third kappa shape index (κ3) is 4.69. The fourth-order valence-electron chi connectivity index (χ4n) is 2.99. The second kappa shape index (κ2) is 8.13. The Morgan fingerprint density at radius 2 is 2.04 bits per heavy atom. The predicted molar refractivity (Wildman–Crippen MR) is 90.2 cm³/mol. The van der Waals surface area contributed by atoms with Gasteiger partial charge < -0.3 is 15.0 Å². The number of methoxy groups -OCH3 is 1. The van der Waals surface area contributed by atoms with Gasteiger partial charge in [-0.1, -0.05) is 0 Å². The lowest BCUT2D eigenvalue weighted by Crippen LogP contribution is -2.42. The monoisotopic (exact) mass is 336 g/mol. The molecule has 1 aliphatic heterocycles. The molecule has 1 aromatic rings. The van der Waals surface area contributed by atoms with E-state index in [9.17, 15) is 14.0 Å². The second-order valence-electron chi connectivity index (χ2n) is 6.39. The minimum Gasteiger partial charge on any atom is -0.469 e. The maximum atomic E-state index is 13.3. The molecule has 0 radical (unpaired) electrons. The molecule has 0 saturated carbocycles. The zero-order valence-corrected chi connectivity index (χ0v) is 14.5. The molecule has 0 spiro atoms. The maximum absolute atomic E-state index is 13.3. The molecule has 1 fully saturated rings. The van der Waals surface area contributed by atoms with Gasteiger partial charge in [-0.25, -0.2) is 4.39 Å². The lowest BCUT2D eigenvalue weighted by molar-refractivity contribution is -0.148. The number of carbonyl (C=O) groups excluding carboxylic acids is 2. The summed E-state index contributed by atoms with van der Waals surface area (Å²) in [6.45, 7) is 4.81. The van der Waals surface area contributed by atoms with Crippen LogP contribution < -0.4 is 5.32 Å². The maximum Gasteiger partial charge on any atom is 0.308 e. The Morgan fingerprint density at radius 3 is 2.62 bits per heavy atom. The molecule has 1 aliphatic rings. The Balaban J connectivity index is 1.81. The van der Waals surface area contributed by atoms with Gasteiger partial charge in [-0.05, 0) is 50.5 Å². The van der Waals surface area contributed by atoms with E-state index in [0.717, 1.165) is 5.69 Å². The van der Waals surface area contributed by atoms with Crippen LogP contribution in [0.3, 0.4) is 0 Å². The fraction of sp³-hybridized carbons (Fsp3) is 0.556. The summed E-state index contributed by atoms with van der Waals surface area (Å²) in [4.78, 5) is 25.7. The van der Waals surface area contributed by atoms with Crippen LogP contribution in [-0.2, 0) is 14.3 Å². The van der Waals surface area contributed by atoms with Crippen LogP contribution in [0.15, 0.2) is 18.2 Å². The lowest BCUT2D eigenvalue weighted by Gasteiger charge is -2.31. The van der Waals surface area contributed by atoms with Crippen LogP contribution in [0.1, 0.15) is 31.7 Å². The van der Waals surface area contributed by atoms with Gasteiger partial charge in [0.25, 0.3) is 0 Å². The number of nitrogens with zero attached hydrogens (tertiary/aromatic N) is 1. The molecule has 2 rings (SSSR count). The van der Waals surface area contributed by atoms with Gasteiger partial charge in [0, 0.05) is 31.2 Å². The molecule has 1 aromatic carbocycles. The highest BCUT2D eigenvalue weighted by Crippen LogP contribution is 2.20. The van der Waals surface area contributed by atoms with Gasteiger partial charge in [-0.15, -0.1) is 0 Å². The normalized spacial score (nSPS) is 16.6. The Bertz CT molecular complexity index is 598. The number of rotatable bonds is 5. The summed E-state index contributed by atoms with van der Waals surface area (Å²) in [5.74, 6) is -0.462. The van der Waals surface area contributed by atoms with E-state index in [2.05, 4.69) is 5.32 Å². The summed E-state index contributed by atoms with van der Waals surface area (Å²) in [5, 5.41) is 3.23. The number of esters is 1. The van der Waals surface area contributed by atoms with Crippen molar-refractivity contribution in [2.45, 2.75) is 39.2 Å². The van der Waals surface area contributed by atoms with Gasteiger partial charge in [0.15, 0.2) is 0 Å². The molecule has 132 valence electrons. The van der Waals surface area contributed by atoms with Gasteiger partial charge >= 0.3 is 5.97 Å². The van der Waals surface area contributed by atoms with E-state index in [0.29, 0.717) is 37.9 Å². The zero-order valence-electron chi connectivity index (χ0n) is 14.5. The number of halogens is 1. The van der Waals surface area contributed by atoms with Crippen molar-refractivity contribution in [3.63, 3.8) is 0 Å². The van der Waals surface area contributed by atoms with E-state index >= 15 is 0 Å². The topological polar surface area (TPSA) is 58.6 Å². The standard InChI is InChI=1S/C18H25FN2O3/c1-12-10-15(4-5-16(12)19)20-13(2)11-17(22)21-8-6-14(7-9-21)18(23)24-3/h4-5,10,13-14,20H,6-9,11H2,1-3H3/t13-/m0/s1. The van der Waals surface area contributed by atoms with E-state index < -0.39 is 0 Å². The first-order valence-electron chi connectivity index (χ1n) is 8.29. The number of benzene rings is 1. The van der Waals surface area contributed by atoms with Crippen LogP contribution in [0.25, 0.3) is 0 Å². The predicted octanol–water partition coefficient (Wildman–Crippen LogP) is 2.74. The van der Waals surface area contributed by atoms with Gasteiger partial charge in [-0.3, -0.25) is 9.59 Å². The highest BCUT2D eigenvalue weighted by atomic mass is 19.1. The molecule has 6 heteroatoms. The summed E-state index contributed by atoms with van der Waals surface area (Å²) in [7, 11) is 1.39. The third-order valence-corrected chi connectivity index (χ3v) is 4.43. The summed E-state index contributed by atoms with van der Waals surface area (Å²) in [5.41, 5.74) is 1.38. The second-order valence-corrected chi connectivity index (χ2v) is 6.39. The minimum atomic E-state index is -0.238. The van der Waals surface area contributed by atoms with Crippen molar-refractivity contribution >= 4 is 17.6 Å². The highest BCUT2D eigenvalue weighted by Gasteiger charge is 2.28. The van der Waals surface area contributed by atoms with E-state index in [1.165, 1.54) is 13.2 Å². The summed E-state index contributed by atoms with van der Waals surface area (Å²) >= 11 is 0. The number of nitrogens with one attached hydrogen (secondary N) is 1. The first-order valence-corrected chi connectivity index (χ1v) is 8.29. The number of amides is 1. The van der Waals surface area contributed by atoms with Crippen molar-refractivity contribution in [3.05, 3.63) is 29.6 Å². The van der Waals surface area contributed by atoms with E-state index in [1.807, 2.05) is 6.92 Å².